The van der Waals surface area contributed by atoms with Gasteiger partial charge in [0, 0.05) is 11.1 Å². The summed E-state index contributed by atoms with van der Waals surface area (Å²) in [6.07, 6.45) is 1.56. The van der Waals surface area contributed by atoms with E-state index in [9.17, 15) is 0 Å². The van der Waals surface area contributed by atoms with Crippen LogP contribution in [-0.4, -0.2) is 11.7 Å². The van der Waals surface area contributed by atoms with Crippen molar-refractivity contribution in [2.75, 3.05) is 6.61 Å². The molecule has 1 atom stereocenters. The van der Waals surface area contributed by atoms with E-state index in [2.05, 4.69) is 15.9 Å². The first-order valence-electron chi connectivity index (χ1n) is 4.24. The molecule has 0 aliphatic heterocycles. The van der Waals surface area contributed by atoms with Gasteiger partial charge in [0.05, 0.1) is 5.38 Å². The summed E-state index contributed by atoms with van der Waals surface area (Å²) in [7, 11) is 0. The zero-order valence-corrected chi connectivity index (χ0v) is 9.55. The van der Waals surface area contributed by atoms with Gasteiger partial charge in [0.25, 0.3) is 0 Å². The molecule has 0 aliphatic rings. The molecule has 1 unspecified atom stereocenters. The average molecular weight is 264 g/mol. The molecule has 72 valence electrons. The number of halogens is 2. The topological polar surface area (TPSA) is 20.2 Å². The molecule has 0 bridgehead atoms. The SMILES string of the molecule is OCCCC(Cl)c1cccc(Br)c1. The van der Waals surface area contributed by atoms with E-state index in [4.69, 9.17) is 16.7 Å². The van der Waals surface area contributed by atoms with Gasteiger partial charge in [0.1, 0.15) is 0 Å². The van der Waals surface area contributed by atoms with Crippen LogP contribution in [-0.2, 0) is 0 Å². The Kier molecular flexibility index (Phi) is 4.78. The van der Waals surface area contributed by atoms with Crippen molar-refractivity contribution in [3.63, 3.8) is 0 Å². The molecule has 0 fully saturated rings. The Balaban J connectivity index is 2.60. The summed E-state index contributed by atoms with van der Waals surface area (Å²) in [4.78, 5) is 0. The number of rotatable bonds is 4. The third-order valence-corrected chi connectivity index (χ3v) is 2.79. The molecule has 0 saturated heterocycles. The highest BCUT2D eigenvalue weighted by Crippen LogP contribution is 2.27. The maximum Gasteiger partial charge on any atom is 0.0586 e. The van der Waals surface area contributed by atoms with Crippen LogP contribution in [0.4, 0.5) is 0 Å². The third-order valence-electron chi connectivity index (χ3n) is 1.83. The van der Waals surface area contributed by atoms with Crippen molar-refractivity contribution in [1.29, 1.82) is 0 Å². The standard InChI is InChI=1S/C10H12BrClO/c11-9-4-1-3-8(7-9)10(12)5-2-6-13/h1,3-4,7,10,13H,2,5-6H2. The zero-order valence-electron chi connectivity index (χ0n) is 7.21. The van der Waals surface area contributed by atoms with E-state index in [-0.39, 0.29) is 12.0 Å². The van der Waals surface area contributed by atoms with Crippen LogP contribution < -0.4 is 0 Å². The van der Waals surface area contributed by atoms with Crippen molar-refractivity contribution in [2.45, 2.75) is 18.2 Å². The van der Waals surface area contributed by atoms with Crippen molar-refractivity contribution in [3.05, 3.63) is 34.3 Å². The minimum atomic E-state index is 0.00431. The quantitative estimate of drug-likeness (QED) is 0.824. The van der Waals surface area contributed by atoms with Crippen LogP contribution in [0.1, 0.15) is 23.8 Å². The molecule has 1 N–H and O–H groups in total. The number of alkyl halides is 1. The van der Waals surface area contributed by atoms with Gasteiger partial charge in [0.15, 0.2) is 0 Å². The second-order valence-electron chi connectivity index (χ2n) is 2.89. The molecule has 0 spiro atoms. The molecule has 3 heteroatoms. The molecule has 0 amide bonds. The molecule has 1 aromatic carbocycles. The zero-order chi connectivity index (χ0) is 9.68. The van der Waals surface area contributed by atoms with Crippen LogP contribution >= 0.6 is 27.5 Å². The van der Waals surface area contributed by atoms with Crippen molar-refractivity contribution in [3.8, 4) is 0 Å². The highest BCUT2D eigenvalue weighted by Gasteiger charge is 2.06. The molecule has 0 radical (unpaired) electrons. The lowest BCUT2D eigenvalue weighted by Gasteiger charge is -2.08. The van der Waals surface area contributed by atoms with Crippen molar-refractivity contribution >= 4 is 27.5 Å². The molecule has 0 aromatic heterocycles. The number of hydrogen-bond donors (Lipinski definition) is 1. The van der Waals surface area contributed by atoms with Crippen molar-refractivity contribution < 1.29 is 5.11 Å². The number of benzene rings is 1. The maximum absolute atomic E-state index is 8.65. The molecule has 1 nitrogen and oxygen atoms in total. The Hall–Kier alpha value is -0.0500. The molecular formula is C10H12BrClO. The van der Waals surface area contributed by atoms with E-state index < -0.39 is 0 Å². The summed E-state index contributed by atoms with van der Waals surface area (Å²) in [6.45, 7) is 0.206. The predicted molar refractivity (Wildman–Crippen MR) is 59.1 cm³/mol. The van der Waals surface area contributed by atoms with Gasteiger partial charge >= 0.3 is 0 Å². The summed E-state index contributed by atoms with van der Waals surface area (Å²) in [5.74, 6) is 0. The second-order valence-corrected chi connectivity index (χ2v) is 4.33. The predicted octanol–water partition coefficient (Wildman–Crippen LogP) is 3.50. The highest BCUT2D eigenvalue weighted by molar-refractivity contribution is 9.10. The number of aliphatic hydroxyl groups excluding tert-OH is 1. The summed E-state index contributed by atoms with van der Waals surface area (Å²) in [5, 5.41) is 8.65. The first-order valence-corrected chi connectivity index (χ1v) is 5.47. The Morgan fingerprint density at radius 2 is 2.23 bits per heavy atom. The minimum Gasteiger partial charge on any atom is -0.396 e. The van der Waals surface area contributed by atoms with Gasteiger partial charge < -0.3 is 5.11 Å². The summed E-state index contributed by atoms with van der Waals surface area (Å²) in [6, 6.07) is 7.95. The van der Waals surface area contributed by atoms with Crippen LogP contribution in [0.2, 0.25) is 0 Å². The van der Waals surface area contributed by atoms with Crippen LogP contribution in [0.3, 0.4) is 0 Å². The van der Waals surface area contributed by atoms with E-state index >= 15 is 0 Å². The van der Waals surface area contributed by atoms with E-state index in [0.717, 1.165) is 22.9 Å². The van der Waals surface area contributed by atoms with E-state index in [1.807, 2.05) is 24.3 Å². The van der Waals surface area contributed by atoms with Gasteiger partial charge in [-0.2, -0.15) is 0 Å². The Bertz CT molecular complexity index is 265. The minimum absolute atomic E-state index is 0.00431. The normalized spacial score (nSPS) is 12.8. The van der Waals surface area contributed by atoms with Crippen LogP contribution in [0.25, 0.3) is 0 Å². The maximum atomic E-state index is 8.65. The van der Waals surface area contributed by atoms with Gasteiger partial charge in [-0.15, -0.1) is 11.6 Å². The van der Waals surface area contributed by atoms with E-state index in [1.165, 1.54) is 0 Å². The number of aliphatic hydroxyl groups is 1. The van der Waals surface area contributed by atoms with Gasteiger partial charge in [-0.05, 0) is 30.5 Å². The molecule has 13 heavy (non-hydrogen) atoms. The lowest BCUT2D eigenvalue weighted by Crippen LogP contribution is -1.92. The molecule has 1 aromatic rings. The average Bonchev–Trinajstić information content (AvgIpc) is 2.14. The van der Waals surface area contributed by atoms with E-state index in [0.29, 0.717) is 0 Å². The first-order chi connectivity index (χ1) is 6.24. The van der Waals surface area contributed by atoms with E-state index in [1.54, 1.807) is 0 Å². The van der Waals surface area contributed by atoms with Crippen LogP contribution in [0.5, 0.6) is 0 Å². The largest absolute Gasteiger partial charge is 0.396 e. The first kappa shape index (κ1) is 11.0. The molecule has 0 saturated carbocycles. The van der Waals surface area contributed by atoms with Crippen molar-refractivity contribution in [1.82, 2.24) is 0 Å². The van der Waals surface area contributed by atoms with Gasteiger partial charge in [0.2, 0.25) is 0 Å². The Morgan fingerprint density at radius 3 is 2.85 bits per heavy atom. The fourth-order valence-electron chi connectivity index (χ4n) is 1.14. The third kappa shape index (κ3) is 3.67. The van der Waals surface area contributed by atoms with Crippen molar-refractivity contribution in [2.24, 2.45) is 0 Å². The van der Waals surface area contributed by atoms with Gasteiger partial charge in [-0.3, -0.25) is 0 Å². The molecule has 0 aliphatic carbocycles. The molecule has 0 heterocycles. The second kappa shape index (κ2) is 5.63. The van der Waals surface area contributed by atoms with Crippen LogP contribution in [0, 0.1) is 0 Å². The monoisotopic (exact) mass is 262 g/mol. The fourth-order valence-corrected chi connectivity index (χ4v) is 1.85. The van der Waals surface area contributed by atoms with Crippen LogP contribution in [0.15, 0.2) is 28.7 Å². The van der Waals surface area contributed by atoms with Gasteiger partial charge in [-0.25, -0.2) is 0 Å². The Morgan fingerprint density at radius 1 is 1.46 bits per heavy atom. The molecule has 1 rings (SSSR count). The number of hydrogen-bond acceptors (Lipinski definition) is 1. The summed E-state index contributed by atoms with van der Waals surface area (Å²) < 4.78 is 1.04. The molecular weight excluding hydrogens is 251 g/mol. The smallest absolute Gasteiger partial charge is 0.0586 e. The summed E-state index contributed by atoms with van der Waals surface area (Å²) >= 11 is 9.52. The summed E-state index contributed by atoms with van der Waals surface area (Å²) in [5.41, 5.74) is 1.10. The highest BCUT2D eigenvalue weighted by atomic mass is 79.9. The van der Waals surface area contributed by atoms with Gasteiger partial charge in [-0.1, -0.05) is 28.1 Å². The lowest BCUT2D eigenvalue weighted by atomic mass is 10.1. The fraction of sp³-hybridized carbons (Fsp3) is 0.400. The lowest BCUT2D eigenvalue weighted by molar-refractivity contribution is 0.284. The Labute approximate surface area is 91.9 Å².